The van der Waals surface area contributed by atoms with Crippen LogP contribution < -0.4 is 0 Å². The molecule has 0 amide bonds. The van der Waals surface area contributed by atoms with E-state index in [1.54, 1.807) is 0 Å². The number of rotatable bonds is 8. The molecule has 0 heterocycles. The molecule has 3 nitrogen and oxygen atoms in total. The predicted octanol–water partition coefficient (Wildman–Crippen LogP) is 2.39. The molecule has 0 aromatic heterocycles. The Balaban J connectivity index is 4.72. The van der Waals surface area contributed by atoms with Crippen LogP contribution in [0.3, 0.4) is 0 Å². The van der Waals surface area contributed by atoms with E-state index in [4.69, 9.17) is 0 Å². The lowest BCUT2D eigenvalue weighted by molar-refractivity contribution is -0.379. The SMILES string of the molecule is CCCCC(CCC)(CCC)C(O)(O)O. The quantitative estimate of drug-likeness (QED) is 0.548. The van der Waals surface area contributed by atoms with E-state index < -0.39 is 11.4 Å². The van der Waals surface area contributed by atoms with Crippen LogP contribution in [0.2, 0.25) is 0 Å². The minimum atomic E-state index is -2.53. The molecule has 0 rings (SSSR count). The summed E-state index contributed by atoms with van der Waals surface area (Å²) in [5, 5.41) is 28.6. The Morgan fingerprint density at radius 2 is 1.20 bits per heavy atom. The van der Waals surface area contributed by atoms with Crippen LogP contribution in [-0.4, -0.2) is 21.3 Å². The standard InChI is InChI=1S/C12H26O3/c1-4-7-10-11(8-5-2,9-6-3)12(13,14)15/h13-15H,4-10H2,1-3H3. The van der Waals surface area contributed by atoms with E-state index in [9.17, 15) is 15.3 Å². The van der Waals surface area contributed by atoms with Gasteiger partial charge in [-0.15, -0.1) is 0 Å². The molecule has 3 heteroatoms. The Hall–Kier alpha value is -0.120. The molecule has 0 saturated carbocycles. The highest BCUT2D eigenvalue weighted by atomic mass is 16.7. The Labute approximate surface area is 93.1 Å². The minimum Gasteiger partial charge on any atom is -0.343 e. The Morgan fingerprint density at radius 3 is 1.47 bits per heavy atom. The maximum absolute atomic E-state index is 9.53. The van der Waals surface area contributed by atoms with Gasteiger partial charge in [-0.05, 0) is 19.3 Å². The largest absolute Gasteiger partial charge is 0.343 e. The first-order chi connectivity index (χ1) is 6.93. The third-order valence-corrected chi connectivity index (χ3v) is 3.18. The minimum absolute atomic E-state index is 0.657. The molecule has 0 aliphatic heterocycles. The molecule has 0 aromatic carbocycles. The average molecular weight is 218 g/mol. The second-order valence-electron chi connectivity index (χ2n) is 4.52. The van der Waals surface area contributed by atoms with Gasteiger partial charge in [0.2, 0.25) is 0 Å². The van der Waals surface area contributed by atoms with Gasteiger partial charge in [0.25, 0.3) is 5.97 Å². The lowest BCUT2D eigenvalue weighted by Crippen LogP contribution is -2.48. The highest BCUT2D eigenvalue weighted by Crippen LogP contribution is 2.42. The van der Waals surface area contributed by atoms with Gasteiger partial charge in [-0.1, -0.05) is 46.5 Å². The zero-order chi connectivity index (χ0) is 11.9. The average Bonchev–Trinajstić information content (AvgIpc) is 2.13. The van der Waals surface area contributed by atoms with Crippen LogP contribution in [0.25, 0.3) is 0 Å². The summed E-state index contributed by atoms with van der Waals surface area (Å²) in [7, 11) is 0. The molecule has 0 atom stereocenters. The van der Waals surface area contributed by atoms with E-state index in [1.807, 2.05) is 13.8 Å². The van der Waals surface area contributed by atoms with Crippen LogP contribution >= 0.6 is 0 Å². The van der Waals surface area contributed by atoms with Gasteiger partial charge in [0, 0.05) is 0 Å². The lowest BCUT2D eigenvalue weighted by atomic mass is 9.73. The van der Waals surface area contributed by atoms with Gasteiger partial charge in [-0.3, -0.25) is 0 Å². The van der Waals surface area contributed by atoms with Crippen molar-refractivity contribution < 1.29 is 15.3 Å². The molecule has 0 unspecified atom stereocenters. The van der Waals surface area contributed by atoms with Gasteiger partial charge in [-0.25, -0.2) is 0 Å². The predicted molar refractivity (Wildman–Crippen MR) is 61.2 cm³/mol. The second-order valence-corrected chi connectivity index (χ2v) is 4.52. The fourth-order valence-corrected chi connectivity index (χ4v) is 2.35. The van der Waals surface area contributed by atoms with Gasteiger partial charge in [0.15, 0.2) is 0 Å². The van der Waals surface area contributed by atoms with Crippen molar-refractivity contribution in [3.05, 3.63) is 0 Å². The van der Waals surface area contributed by atoms with Crippen molar-refractivity contribution in [2.24, 2.45) is 5.41 Å². The van der Waals surface area contributed by atoms with Crippen LogP contribution in [0.1, 0.15) is 65.7 Å². The summed E-state index contributed by atoms with van der Waals surface area (Å²) in [4.78, 5) is 0. The van der Waals surface area contributed by atoms with Crippen LogP contribution in [0, 0.1) is 5.41 Å². The monoisotopic (exact) mass is 218 g/mol. The molecule has 15 heavy (non-hydrogen) atoms. The van der Waals surface area contributed by atoms with Gasteiger partial charge < -0.3 is 15.3 Å². The zero-order valence-corrected chi connectivity index (χ0v) is 10.3. The van der Waals surface area contributed by atoms with E-state index in [-0.39, 0.29) is 0 Å². The maximum atomic E-state index is 9.53. The van der Waals surface area contributed by atoms with E-state index >= 15 is 0 Å². The van der Waals surface area contributed by atoms with Gasteiger partial charge in [-0.2, -0.15) is 0 Å². The summed E-state index contributed by atoms with van der Waals surface area (Å²) in [5.41, 5.74) is -0.744. The zero-order valence-electron chi connectivity index (χ0n) is 10.3. The Kier molecular flexibility index (Phi) is 6.41. The molecule has 92 valence electrons. The van der Waals surface area contributed by atoms with Crippen molar-refractivity contribution in [1.29, 1.82) is 0 Å². The fraction of sp³-hybridized carbons (Fsp3) is 1.00. The number of hydrogen-bond acceptors (Lipinski definition) is 3. The third-order valence-electron chi connectivity index (χ3n) is 3.18. The van der Waals surface area contributed by atoms with E-state index in [0.717, 1.165) is 25.7 Å². The van der Waals surface area contributed by atoms with Crippen LogP contribution in [-0.2, 0) is 0 Å². The smallest absolute Gasteiger partial charge is 0.281 e. The fourth-order valence-electron chi connectivity index (χ4n) is 2.35. The molecule has 0 radical (unpaired) electrons. The Morgan fingerprint density at radius 1 is 0.733 bits per heavy atom. The van der Waals surface area contributed by atoms with Crippen LogP contribution in [0.5, 0.6) is 0 Å². The molecule has 0 spiro atoms. The molecule has 0 aliphatic carbocycles. The highest BCUT2D eigenvalue weighted by molar-refractivity contribution is 4.84. The normalized spacial score (nSPS) is 13.2. The van der Waals surface area contributed by atoms with Crippen molar-refractivity contribution in [2.75, 3.05) is 0 Å². The molecule has 0 fully saturated rings. The van der Waals surface area contributed by atoms with Crippen molar-refractivity contribution in [2.45, 2.75) is 71.7 Å². The lowest BCUT2D eigenvalue weighted by Gasteiger charge is -2.40. The molecular weight excluding hydrogens is 192 g/mol. The van der Waals surface area contributed by atoms with Crippen LogP contribution in [0.4, 0.5) is 0 Å². The first-order valence-corrected chi connectivity index (χ1v) is 6.10. The third kappa shape index (κ3) is 4.09. The first kappa shape index (κ1) is 14.9. The molecule has 0 saturated heterocycles. The summed E-state index contributed by atoms with van der Waals surface area (Å²) >= 11 is 0. The molecular formula is C12H26O3. The van der Waals surface area contributed by atoms with E-state index in [1.165, 1.54) is 0 Å². The van der Waals surface area contributed by atoms with Gasteiger partial charge in [0.05, 0.1) is 5.41 Å². The molecule has 0 aromatic rings. The van der Waals surface area contributed by atoms with Crippen molar-refractivity contribution in [1.82, 2.24) is 0 Å². The molecule has 0 aliphatic rings. The summed E-state index contributed by atoms with van der Waals surface area (Å²) in [6, 6.07) is 0. The van der Waals surface area contributed by atoms with Crippen molar-refractivity contribution in [3.63, 3.8) is 0 Å². The molecule has 0 bridgehead atoms. The summed E-state index contributed by atoms with van der Waals surface area (Å²) < 4.78 is 0. The number of hydrogen-bond donors (Lipinski definition) is 3. The van der Waals surface area contributed by atoms with Gasteiger partial charge in [0.1, 0.15) is 0 Å². The van der Waals surface area contributed by atoms with Gasteiger partial charge >= 0.3 is 0 Å². The van der Waals surface area contributed by atoms with E-state index in [2.05, 4.69) is 6.92 Å². The summed E-state index contributed by atoms with van der Waals surface area (Å²) in [5.74, 6) is -2.53. The Bertz CT molecular complexity index is 155. The second kappa shape index (κ2) is 6.46. The summed E-state index contributed by atoms with van der Waals surface area (Å²) in [6.45, 7) is 6.07. The molecule has 3 N–H and O–H groups in total. The van der Waals surface area contributed by atoms with Crippen LogP contribution in [0.15, 0.2) is 0 Å². The number of aliphatic hydroxyl groups is 3. The van der Waals surface area contributed by atoms with E-state index in [0.29, 0.717) is 19.3 Å². The number of unbranched alkanes of at least 4 members (excludes halogenated alkanes) is 1. The topological polar surface area (TPSA) is 60.7 Å². The summed E-state index contributed by atoms with van der Waals surface area (Å²) in [6.07, 6.45) is 5.62. The van der Waals surface area contributed by atoms with Crippen molar-refractivity contribution in [3.8, 4) is 0 Å². The highest BCUT2D eigenvalue weighted by Gasteiger charge is 2.46. The first-order valence-electron chi connectivity index (χ1n) is 6.10. The maximum Gasteiger partial charge on any atom is 0.281 e. The van der Waals surface area contributed by atoms with Crippen molar-refractivity contribution >= 4 is 0 Å².